The van der Waals surface area contributed by atoms with Crippen molar-refractivity contribution in [3.63, 3.8) is 0 Å². The number of hydrogen-bond donors (Lipinski definition) is 1. The van der Waals surface area contributed by atoms with E-state index in [0.29, 0.717) is 6.42 Å². The second-order valence-electron chi connectivity index (χ2n) is 5.31. The first-order chi connectivity index (χ1) is 10.8. The predicted molar refractivity (Wildman–Crippen MR) is 91.2 cm³/mol. The number of rotatable bonds is 6. The number of aromatic nitrogens is 2. The van der Waals surface area contributed by atoms with Crippen LogP contribution in [-0.2, 0) is 6.54 Å². The maximum absolute atomic E-state index is 9.31. The number of thiophene rings is 1. The van der Waals surface area contributed by atoms with E-state index >= 15 is 0 Å². The maximum atomic E-state index is 9.31. The van der Waals surface area contributed by atoms with Gasteiger partial charge in [0, 0.05) is 19.2 Å². The zero-order valence-corrected chi connectivity index (χ0v) is 13.3. The third-order valence-corrected chi connectivity index (χ3v) is 4.61. The van der Waals surface area contributed by atoms with Crippen molar-refractivity contribution in [3.8, 4) is 0 Å². The molecule has 3 rings (SSSR count). The molecule has 3 aromatic rings. The minimum atomic E-state index is 0.171. The van der Waals surface area contributed by atoms with Gasteiger partial charge in [0.15, 0.2) is 0 Å². The Labute approximate surface area is 134 Å². The van der Waals surface area contributed by atoms with Gasteiger partial charge in [-0.15, -0.1) is 11.3 Å². The highest BCUT2D eigenvalue weighted by Crippen LogP contribution is 2.29. The van der Waals surface area contributed by atoms with Crippen LogP contribution in [0.25, 0.3) is 10.2 Å². The molecule has 0 aliphatic carbocycles. The van der Waals surface area contributed by atoms with Crippen molar-refractivity contribution in [1.29, 1.82) is 0 Å². The van der Waals surface area contributed by atoms with Gasteiger partial charge in [-0.1, -0.05) is 30.3 Å². The molecule has 0 saturated carbocycles. The number of aliphatic hydroxyl groups is 1. The average molecular weight is 313 g/mol. The van der Waals surface area contributed by atoms with Crippen LogP contribution in [0.15, 0.2) is 48.1 Å². The van der Waals surface area contributed by atoms with Crippen molar-refractivity contribution < 1.29 is 5.11 Å². The molecule has 0 bridgehead atoms. The molecule has 1 atom stereocenters. The number of benzene rings is 1. The zero-order chi connectivity index (χ0) is 15.4. The Morgan fingerprint density at radius 1 is 1.18 bits per heavy atom. The molecule has 2 heterocycles. The third kappa shape index (κ3) is 3.10. The highest BCUT2D eigenvalue weighted by atomic mass is 32.1. The predicted octanol–water partition coefficient (Wildman–Crippen LogP) is 3.47. The Kier molecular flexibility index (Phi) is 4.65. The molecule has 0 saturated heterocycles. The van der Waals surface area contributed by atoms with E-state index in [0.717, 1.165) is 22.6 Å². The zero-order valence-electron chi connectivity index (χ0n) is 12.5. The average Bonchev–Trinajstić information content (AvgIpc) is 3.02. The van der Waals surface area contributed by atoms with Gasteiger partial charge in [0.2, 0.25) is 0 Å². The van der Waals surface area contributed by atoms with Gasteiger partial charge in [-0.2, -0.15) is 0 Å². The monoisotopic (exact) mass is 313 g/mol. The molecule has 2 aromatic heterocycles. The summed E-state index contributed by atoms with van der Waals surface area (Å²) in [6, 6.07) is 12.6. The van der Waals surface area contributed by atoms with Crippen LogP contribution in [0.4, 0.5) is 5.82 Å². The van der Waals surface area contributed by atoms with Crippen molar-refractivity contribution in [2.75, 3.05) is 11.5 Å². The number of aliphatic hydroxyl groups excluding tert-OH is 1. The molecular weight excluding hydrogens is 294 g/mol. The summed E-state index contributed by atoms with van der Waals surface area (Å²) < 4.78 is 0. The van der Waals surface area contributed by atoms with Crippen LogP contribution in [0.5, 0.6) is 0 Å². The first kappa shape index (κ1) is 14.9. The normalized spacial score (nSPS) is 12.5. The number of nitrogens with zero attached hydrogens (tertiary/aromatic N) is 3. The molecule has 0 amide bonds. The molecule has 22 heavy (non-hydrogen) atoms. The summed E-state index contributed by atoms with van der Waals surface area (Å²) in [5, 5.41) is 12.4. The molecule has 0 fully saturated rings. The lowest BCUT2D eigenvalue weighted by molar-refractivity contribution is 0.275. The molecule has 0 radical (unpaired) electrons. The quantitative estimate of drug-likeness (QED) is 0.757. The summed E-state index contributed by atoms with van der Waals surface area (Å²) in [6.07, 6.45) is 2.33. The van der Waals surface area contributed by atoms with E-state index in [-0.39, 0.29) is 12.6 Å². The smallest absolute Gasteiger partial charge is 0.141 e. The summed E-state index contributed by atoms with van der Waals surface area (Å²) in [4.78, 5) is 12.1. The minimum Gasteiger partial charge on any atom is -0.396 e. The van der Waals surface area contributed by atoms with E-state index in [1.54, 1.807) is 17.7 Å². The third-order valence-electron chi connectivity index (χ3n) is 3.79. The molecule has 5 heteroatoms. The van der Waals surface area contributed by atoms with Gasteiger partial charge in [0.05, 0.1) is 5.39 Å². The Hall–Kier alpha value is -1.98. The lowest BCUT2D eigenvalue weighted by Gasteiger charge is -2.30. The van der Waals surface area contributed by atoms with E-state index in [2.05, 4.69) is 40.0 Å². The van der Waals surface area contributed by atoms with Gasteiger partial charge in [0.25, 0.3) is 0 Å². The maximum Gasteiger partial charge on any atom is 0.141 e. The number of anilines is 1. The van der Waals surface area contributed by atoms with Crippen molar-refractivity contribution >= 4 is 27.4 Å². The second kappa shape index (κ2) is 6.85. The molecule has 4 nitrogen and oxygen atoms in total. The lowest BCUT2D eigenvalue weighted by atomic mass is 10.1. The number of hydrogen-bond acceptors (Lipinski definition) is 5. The van der Waals surface area contributed by atoms with Gasteiger partial charge >= 0.3 is 0 Å². The lowest BCUT2D eigenvalue weighted by Crippen LogP contribution is -2.34. The Morgan fingerprint density at radius 2 is 2.00 bits per heavy atom. The fraction of sp³-hybridized carbons (Fsp3) is 0.294. The van der Waals surface area contributed by atoms with Gasteiger partial charge in [-0.3, -0.25) is 0 Å². The van der Waals surface area contributed by atoms with Crippen LogP contribution >= 0.6 is 11.3 Å². The molecular formula is C17H19N3OS. The Balaban J connectivity index is 1.99. The van der Waals surface area contributed by atoms with Crippen LogP contribution in [0.1, 0.15) is 18.9 Å². The van der Waals surface area contributed by atoms with E-state index in [1.165, 1.54) is 5.56 Å². The van der Waals surface area contributed by atoms with E-state index in [4.69, 9.17) is 0 Å². The van der Waals surface area contributed by atoms with E-state index in [9.17, 15) is 5.11 Å². The van der Waals surface area contributed by atoms with Crippen LogP contribution in [-0.4, -0.2) is 27.7 Å². The Bertz CT molecular complexity index is 729. The minimum absolute atomic E-state index is 0.171. The molecule has 0 spiro atoms. The van der Waals surface area contributed by atoms with Gasteiger partial charge in [-0.05, 0) is 30.4 Å². The van der Waals surface area contributed by atoms with Crippen molar-refractivity contribution in [2.45, 2.75) is 25.9 Å². The second-order valence-corrected chi connectivity index (χ2v) is 6.21. The summed E-state index contributed by atoms with van der Waals surface area (Å²) in [6.45, 7) is 3.06. The largest absolute Gasteiger partial charge is 0.396 e. The van der Waals surface area contributed by atoms with Crippen molar-refractivity contribution in [1.82, 2.24) is 9.97 Å². The fourth-order valence-electron chi connectivity index (χ4n) is 2.57. The SMILES string of the molecule is CC(CCO)N(Cc1ccccc1)c1ncnc2sccc12. The summed E-state index contributed by atoms with van der Waals surface area (Å²) in [5.41, 5.74) is 1.23. The fourth-order valence-corrected chi connectivity index (χ4v) is 3.30. The first-order valence-corrected chi connectivity index (χ1v) is 8.27. The first-order valence-electron chi connectivity index (χ1n) is 7.39. The van der Waals surface area contributed by atoms with Crippen molar-refractivity contribution in [2.24, 2.45) is 0 Å². The van der Waals surface area contributed by atoms with Gasteiger partial charge < -0.3 is 10.0 Å². The standard InChI is InChI=1S/C17H19N3OS/c1-13(7-9-21)20(11-14-5-3-2-4-6-14)16-15-8-10-22-17(15)19-12-18-16/h2-6,8,10,12-13,21H,7,9,11H2,1H3. The van der Waals surface area contributed by atoms with E-state index in [1.807, 2.05) is 23.6 Å². The van der Waals surface area contributed by atoms with Crippen LogP contribution in [0, 0.1) is 0 Å². The summed E-state index contributed by atoms with van der Waals surface area (Å²) >= 11 is 1.62. The summed E-state index contributed by atoms with van der Waals surface area (Å²) in [5.74, 6) is 0.941. The number of fused-ring (bicyclic) bond motifs is 1. The van der Waals surface area contributed by atoms with Crippen molar-refractivity contribution in [3.05, 3.63) is 53.7 Å². The van der Waals surface area contributed by atoms with Crippen LogP contribution < -0.4 is 4.90 Å². The van der Waals surface area contributed by atoms with Crippen LogP contribution in [0.2, 0.25) is 0 Å². The Morgan fingerprint density at radius 3 is 2.77 bits per heavy atom. The topological polar surface area (TPSA) is 49.2 Å². The summed E-state index contributed by atoms with van der Waals surface area (Å²) in [7, 11) is 0. The highest BCUT2D eigenvalue weighted by Gasteiger charge is 2.19. The van der Waals surface area contributed by atoms with E-state index < -0.39 is 0 Å². The highest BCUT2D eigenvalue weighted by molar-refractivity contribution is 7.16. The molecule has 0 aliphatic heterocycles. The van der Waals surface area contributed by atoms with Gasteiger partial charge in [0.1, 0.15) is 17.0 Å². The van der Waals surface area contributed by atoms with Gasteiger partial charge in [-0.25, -0.2) is 9.97 Å². The molecule has 114 valence electrons. The molecule has 1 unspecified atom stereocenters. The van der Waals surface area contributed by atoms with Crippen LogP contribution in [0.3, 0.4) is 0 Å². The molecule has 0 aliphatic rings. The molecule has 1 N–H and O–H groups in total. The molecule has 1 aromatic carbocycles.